The minimum atomic E-state index is -0.461. The van der Waals surface area contributed by atoms with E-state index in [0.717, 1.165) is 16.9 Å². The van der Waals surface area contributed by atoms with Crippen molar-refractivity contribution in [1.82, 2.24) is 0 Å². The van der Waals surface area contributed by atoms with Gasteiger partial charge in [0.2, 0.25) is 0 Å². The van der Waals surface area contributed by atoms with Gasteiger partial charge in [-0.25, -0.2) is 0 Å². The van der Waals surface area contributed by atoms with E-state index in [9.17, 15) is 4.79 Å². The van der Waals surface area contributed by atoms with Gasteiger partial charge in [0.1, 0.15) is 19.0 Å². The van der Waals surface area contributed by atoms with Crippen LogP contribution in [-0.2, 0) is 0 Å². The Kier molecular flexibility index (Phi) is 4.09. The molecule has 2 aliphatic heterocycles. The maximum absolute atomic E-state index is 13.3. The molecule has 0 saturated carbocycles. The topological polar surface area (TPSA) is 44.8 Å². The smallest absolute Gasteiger partial charge is 0.196 e. The molecular weight excluding hydrogens is 352 g/mol. The van der Waals surface area contributed by atoms with Gasteiger partial charge in [-0.1, -0.05) is 48.5 Å². The lowest BCUT2D eigenvalue weighted by Gasteiger charge is -2.28. The second kappa shape index (κ2) is 6.89. The number of benzene rings is 3. The number of carbonyl (C=O) groups excluding carboxylic acids is 1. The molecule has 4 nitrogen and oxygen atoms in total. The summed E-state index contributed by atoms with van der Waals surface area (Å²) in [5, 5.41) is 0. The molecule has 0 amide bonds. The molecule has 0 spiro atoms. The van der Waals surface area contributed by atoms with E-state index in [2.05, 4.69) is 0 Å². The van der Waals surface area contributed by atoms with E-state index in [0.29, 0.717) is 35.8 Å². The van der Waals surface area contributed by atoms with Crippen LogP contribution in [0.1, 0.15) is 27.6 Å². The van der Waals surface area contributed by atoms with Crippen LogP contribution in [-0.4, -0.2) is 19.0 Å². The molecule has 28 heavy (non-hydrogen) atoms. The van der Waals surface area contributed by atoms with Gasteiger partial charge in [0, 0.05) is 5.57 Å². The summed E-state index contributed by atoms with van der Waals surface area (Å²) in [4.78, 5) is 13.3. The molecule has 5 rings (SSSR count). The zero-order valence-electron chi connectivity index (χ0n) is 15.1. The first-order valence-corrected chi connectivity index (χ1v) is 9.26. The first-order valence-electron chi connectivity index (χ1n) is 9.26. The Morgan fingerprint density at radius 3 is 2.39 bits per heavy atom. The van der Waals surface area contributed by atoms with E-state index in [1.54, 1.807) is 6.07 Å². The third-order valence-electron chi connectivity index (χ3n) is 4.91. The van der Waals surface area contributed by atoms with E-state index in [1.807, 2.05) is 72.8 Å². The first kappa shape index (κ1) is 16.6. The SMILES string of the molecule is O=C1/C(=C/c2ccc3c(c2)OCCO3)C(c2ccccc2)Oc2ccccc21. The highest BCUT2D eigenvalue weighted by atomic mass is 16.6. The second-order valence-corrected chi connectivity index (χ2v) is 6.74. The molecule has 0 saturated heterocycles. The van der Waals surface area contributed by atoms with Crippen molar-refractivity contribution < 1.29 is 19.0 Å². The summed E-state index contributed by atoms with van der Waals surface area (Å²) in [6, 6.07) is 22.9. The van der Waals surface area contributed by atoms with Crippen molar-refractivity contribution in [1.29, 1.82) is 0 Å². The zero-order valence-corrected chi connectivity index (χ0v) is 15.1. The van der Waals surface area contributed by atoms with Crippen molar-refractivity contribution in [3.63, 3.8) is 0 Å². The molecule has 4 heteroatoms. The standard InChI is InChI=1S/C24H18O4/c25-23-18-8-4-5-9-20(18)28-24(17-6-2-1-3-7-17)19(23)14-16-10-11-21-22(15-16)27-13-12-26-21/h1-11,14-15,24H,12-13H2/b19-14-. The average Bonchev–Trinajstić information content (AvgIpc) is 2.76. The Hall–Kier alpha value is -3.53. The normalized spacial score (nSPS) is 19.1. The number of ether oxygens (including phenoxy) is 3. The maximum Gasteiger partial charge on any atom is 0.196 e. The highest BCUT2D eigenvalue weighted by Crippen LogP contribution is 2.40. The summed E-state index contributed by atoms with van der Waals surface area (Å²) in [5.41, 5.74) is 2.99. The average molecular weight is 370 g/mol. The van der Waals surface area contributed by atoms with Crippen molar-refractivity contribution in [3.05, 3.63) is 95.1 Å². The number of Topliss-reactive ketones (excluding diaryl/α,β-unsaturated/α-hetero) is 1. The van der Waals surface area contributed by atoms with Crippen LogP contribution in [0.4, 0.5) is 0 Å². The highest BCUT2D eigenvalue weighted by Gasteiger charge is 2.32. The van der Waals surface area contributed by atoms with E-state index in [1.165, 1.54) is 0 Å². The van der Waals surface area contributed by atoms with Crippen LogP contribution in [0.3, 0.4) is 0 Å². The third-order valence-corrected chi connectivity index (χ3v) is 4.91. The molecule has 0 bridgehead atoms. The minimum Gasteiger partial charge on any atom is -0.486 e. The molecule has 2 heterocycles. The molecular formula is C24H18O4. The molecule has 0 fully saturated rings. The highest BCUT2D eigenvalue weighted by molar-refractivity contribution is 6.14. The van der Waals surface area contributed by atoms with Crippen molar-refractivity contribution >= 4 is 11.9 Å². The number of rotatable bonds is 2. The van der Waals surface area contributed by atoms with Gasteiger partial charge in [-0.05, 0) is 41.5 Å². The van der Waals surface area contributed by atoms with E-state index >= 15 is 0 Å². The monoisotopic (exact) mass is 370 g/mol. The Labute approximate surface area is 163 Å². The van der Waals surface area contributed by atoms with Gasteiger partial charge in [-0.15, -0.1) is 0 Å². The van der Waals surface area contributed by atoms with Crippen molar-refractivity contribution in [2.45, 2.75) is 6.10 Å². The molecule has 3 aromatic rings. The lowest BCUT2D eigenvalue weighted by molar-refractivity contribution is 0.0963. The fraction of sp³-hybridized carbons (Fsp3) is 0.125. The summed E-state index contributed by atoms with van der Waals surface area (Å²) in [6.07, 6.45) is 1.42. The van der Waals surface area contributed by atoms with Crippen molar-refractivity contribution in [3.8, 4) is 17.2 Å². The second-order valence-electron chi connectivity index (χ2n) is 6.74. The van der Waals surface area contributed by atoms with Gasteiger partial charge in [0.05, 0.1) is 5.56 Å². The summed E-state index contributed by atoms with van der Waals surface area (Å²) in [7, 11) is 0. The maximum atomic E-state index is 13.3. The molecule has 0 radical (unpaired) electrons. The molecule has 0 aliphatic carbocycles. The molecule has 0 aromatic heterocycles. The molecule has 3 aromatic carbocycles. The Morgan fingerprint density at radius 1 is 0.786 bits per heavy atom. The zero-order chi connectivity index (χ0) is 18.9. The predicted octanol–water partition coefficient (Wildman–Crippen LogP) is 4.86. The van der Waals surface area contributed by atoms with Crippen LogP contribution in [0.25, 0.3) is 6.08 Å². The van der Waals surface area contributed by atoms with Gasteiger partial charge in [0.25, 0.3) is 0 Å². The van der Waals surface area contributed by atoms with Gasteiger partial charge in [-0.2, -0.15) is 0 Å². The Bertz CT molecular complexity index is 1070. The summed E-state index contributed by atoms with van der Waals surface area (Å²) in [5.74, 6) is 2.01. The largest absolute Gasteiger partial charge is 0.486 e. The lowest BCUT2D eigenvalue weighted by atomic mass is 9.89. The van der Waals surface area contributed by atoms with Crippen LogP contribution >= 0.6 is 0 Å². The molecule has 0 N–H and O–H groups in total. The van der Waals surface area contributed by atoms with Gasteiger partial charge < -0.3 is 14.2 Å². The van der Waals surface area contributed by atoms with Gasteiger partial charge in [0.15, 0.2) is 23.4 Å². The number of ketones is 1. The van der Waals surface area contributed by atoms with Crippen molar-refractivity contribution in [2.75, 3.05) is 13.2 Å². The summed E-state index contributed by atoms with van der Waals surface area (Å²) < 4.78 is 17.5. The first-order chi connectivity index (χ1) is 13.8. The van der Waals surface area contributed by atoms with Crippen LogP contribution < -0.4 is 14.2 Å². The molecule has 1 unspecified atom stereocenters. The third kappa shape index (κ3) is 2.93. The minimum absolute atomic E-state index is 0.0226. The van der Waals surface area contributed by atoms with Crippen molar-refractivity contribution in [2.24, 2.45) is 0 Å². The van der Waals surface area contributed by atoms with E-state index < -0.39 is 6.10 Å². The lowest BCUT2D eigenvalue weighted by Crippen LogP contribution is -2.23. The molecule has 1 atom stereocenters. The number of carbonyl (C=O) groups is 1. The van der Waals surface area contributed by atoms with Crippen LogP contribution in [0.15, 0.2) is 78.4 Å². The van der Waals surface area contributed by atoms with Crippen LogP contribution in [0.2, 0.25) is 0 Å². The van der Waals surface area contributed by atoms with E-state index in [-0.39, 0.29) is 5.78 Å². The molecule has 138 valence electrons. The number of fused-ring (bicyclic) bond motifs is 2. The molecule has 2 aliphatic rings. The number of hydrogen-bond acceptors (Lipinski definition) is 4. The summed E-state index contributed by atoms with van der Waals surface area (Å²) >= 11 is 0. The Balaban J connectivity index is 1.62. The van der Waals surface area contributed by atoms with E-state index in [4.69, 9.17) is 14.2 Å². The summed E-state index contributed by atoms with van der Waals surface area (Å²) in [6.45, 7) is 1.07. The number of hydrogen-bond donors (Lipinski definition) is 0. The van der Waals surface area contributed by atoms with Crippen LogP contribution in [0.5, 0.6) is 17.2 Å². The van der Waals surface area contributed by atoms with Gasteiger partial charge in [-0.3, -0.25) is 4.79 Å². The van der Waals surface area contributed by atoms with Gasteiger partial charge >= 0.3 is 0 Å². The quantitative estimate of drug-likeness (QED) is 0.605. The Morgan fingerprint density at radius 2 is 1.54 bits per heavy atom. The predicted molar refractivity (Wildman–Crippen MR) is 106 cm³/mol. The fourth-order valence-corrected chi connectivity index (χ4v) is 3.57. The fourth-order valence-electron chi connectivity index (χ4n) is 3.57. The number of para-hydroxylation sites is 1. The van der Waals surface area contributed by atoms with Crippen LogP contribution in [0, 0.1) is 0 Å².